The summed E-state index contributed by atoms with van der Waals surface area (Å²) < 4.78 is 61.4. The van der Waals surface area contributed by atoms with Crippen LogP contribution in [0.5, 0.6) is 0 Å². The lowest BCUT2D eigenvalue weighted by Gasteiger charge is -2.21. The van der Waals surface area contributed by atoms with Crippen LogP contribution in [-0.2, 0) is 55.8 Å². The van der Waals surface area contributed by atoms with Crippen LogP contribution in [0.25, 0.3) is 0 Å². The fourth-order valence-electron chi connectivity index (χ4n) is 12.9. The molecule has 0 spiro atoms. The van der Waals surface area contributed by atoms with Crippen molar-refractivity contribution in [3.8, 4) is 0 Å². The molecule has 0 aromatic heterocycles. The van der Waals surface area contributed by atoms with Crippen LogP contribution in [0, 0.1) is 0 Å². The van der Waals surface area contributed by atoms with Crippen molar-refractivity contribution in [1.82, 2.24) is 0 Å². The first-order valence-corrected chi connectivity index (χ1v) is 49.2. The zero-order chi connectivity index (χ0) is 82.2. The van der Waals surface area contributed by atoms with Gasteiger partial charge in [0.25, 0.3) is 0 Å². The molecule has 5 atom stereocenters. The first-order valence-electron chi connectivity index (χ1n) is 46.2. The summed E-state index contributed by atoms with van der Waals surface area (Å²) in [6, 6.07) is 0. The van der Waals surface area contributed by atoms with Crippen LogP contribution in [0.3, 0.4) is 0 Å². The molecule has 0 saturated carbocycles. The maximum atomic E-state index is 13.0. The number of carbonyl (C=O) groups is 3. The normalized spacial score (nSPS) is 14.3. The van der Waals surface area contributed by atoms with Gasteiger partial charge in [0.05, 0.1) is 26.4 Å². The molecule has 0 saturated heterocycles. The van der Waals surface area contributed by atoms with Gasteiger partial charge in [-0.1, -0.05) is 374 Å². The Morgan fingerprint density at radius 2 is 0.442 bits per heavy atom. The van der Waals surface area contributed by atoms with Crippen LogP contribution in [-0.4, -0.2) is 95.9 Å². The number of aliphatic hydroxyl groups is 2. The fraction of sp³-hybridized carbons (Fsp3) is 0.779. The molecule has 0 aromatic rings. The van der Waals surface area contributed by atoms with Crippen LogP contribution in [0.4, 0.5) is 0 Å². The van der Waals surface area contributed by atoms with E-state index in [-0.39, 0.29) is 19.3 Å². The Hall–Kier alpha value is -3.79. The van der Waals surface area contributed by atoms with E-state index in [1.165, 1.54) is 231 Å². The molecule has 4 N–H and O–H groups in total. The molecule has 0 aliphatic heterocycles. The number of phosphoric ester groups is 2. The minimum absolute atomic E-state index is 0.0954. The van der Waals surface area contributed by atoms with E-state index >= 15 is 0 Å². The van der Waals surface area contributed by atoms with Crippen molar-refractivity contribution in [3.05, 3.63) is 109 Å². The highest BCUT2D eigenvalue weighted by Gasteiger charge is 2.29. The average molecular weight is 1630 g/mol. The SMILES string of the molecule is CCCCC/C=C\C/C=C\C/C=C\C/C=C\CCCCCCCCCCCCCCCCCCCCCC(=O)OCC(O)COP(=O)(O)OCC(O)COP(=O)(O)OCC(COC(=O)CCCCCCCCCCCCC/C=C\C/C=C\C/C=C\C/C=C\CCCCC)OC(=O)CCCCCCC/C=C\CCCCCCCC. The van der Waals surface area contributed by atoms with E-state index in [0.717, 1.165) is 128 Å². The van der Waals surface area contributed by atoms with Gasteiger partial charge in [0, 0.05) is 19.3 Å². The summed E-state index contributed by atoms with van der Waals surface area (Å²) in [5.41, 5.74) is 0. The first kappa shape index (κ1) is 109. The predicted molar refractivity (Wildman–Crippen MR) is 473 cm³/mol. The predicted octanol–water partition coefficient (Wildman–Crippen LogP) is 28.2. The third-order valence-electron chi connectivity index (χ3n) is 19.9. The zero-order valence-electron chi connectivity index (χ0n) is 72.3. The Bertz CT molecular complexity index is 2490. The second kappa shape index (κ2) is 87.5. The number of phosphoric acid groups is 2. The number of ether oxygens (including phenoxy) is 3. The maximum absolute atomic E-state index is 13.0. The maximum Gasteiger partial charge on any atom is 0.472 e. The third-order valence-corrected chi connectivity index (χ3v) is 21.8. The van der Waals surface area contributed by atoms with Crippen molar-refractivity contribution in [2.75, 3.05) is 39.6 Å². The Morgan fingerprint density at radius 3 is 0.726 bits per heavy atom. The largest absolute Gasteiger partial charge is 0.472 e. The fourth-order valence-corrected chi connectivity index (χ4v) is 14.5. The summed E-state index contributed by atoms with van der Waals surface area (Å²) in [5.74, 6) is -1.57. The number of hydrogen-bond donors (Lipinski definition) is 4. The van der Waals surface area contributed by atoms with Gasteiger partial charge in [-0.3, -0.25) is 32.5 Å². The number of hydrogen-bond acceptors (Lipinski definition) is 14. The van der Waals surface area contributed by atoms with Crippen molar-refractivity contribution >= 4 is 33.6 Å². The molecular weight excluding hydrogens is 1460 g/mol. The van der Waals surface area contributed by atoms with Gasteiger partial charge in [-0.25, -0.2) is 9.13 Å². The number of unbranched alkanes of at least 4 members (excludes halogenated alkanes) is 47. The van der Waals surface area contributed by atoms with E-state index in [0.29, 0.717) is 19.3 Å². The topological polar surface area (TPSA) is 231 Å². The van der Waals surface area contributed by atoms with Crippen LogP contribution >= 0.6 is 15.6 Å². The number of carbonyl (C=O) groups excluding carboxylic acids is 3. The quantitative estimate of drug-likeness (QED) is 0.0146. The van der Waals surface area contributed by atoms with E-state index < -0.39 is 91.5 Å². The molecule has 0 aliphatic carbocycles. The van der Waals surface area contributed by atoms with Crippen LogP contribution in [0.15, 0.2) is 109 Å². The van der Waals surface area contributed by atoms with Crippen molar-refractivity contribution < 1.29 is 75.8 Å². The van der Waals surface area contributed by atoms with E-state index in [4.69, 9.17) is 32.3 Å². The molecule has 0 fully saturated rings. The molecule has 0 bridgehead atoms. The number of esters is 3. The Balaban J connectivity index is 4.41. The van der Waals surface area contributed by atoms with Crippen molar-refractivity contribution in [2.24, 2.45) is 0 Å². The van der Waals surface area contributed by atoms with Gasteiger partial charge in [0.15, 0.2) is 6.10 Å². The summed E-state index contributed by atoms with van der Waals surface area (Å²) >= 11 is 0. The molecule has 0 rings (SSSR count). The molecule has 0 heterocycles. The summed E-state index contributed by atoms with van der Waals surface area (Å²) in [6.45, 7) is 2.68. The van der Waals surface area contributed by atoms with Gasteiger partial charge < -0.3 is 34.2 Å². The molecule has 656 valence electrons. The monoisotopic (exact) mass is 1630 g/mol. The van der Waals surface area contributed by atoms with Crippen molar-refractivity contribution in [2.45, 2.75) is 437 Å². The summed E-state index contributed by atoms with van der Waals surface area (Å²) in [4.78, 5) is 58.9. The number of aliphatic hydroxyl groups excluding tert-OH is 2. The van der Waals surface area contributed by atoms with Gasteiger partial charge >= 0.3 is 33.6 Å². The highest BCUT2D eigenvalue weighted by molar-refractivity contribution is 7.47. The molecule has 0 amide bonds. The third kappa shape index (κ3) is 88.9. The average Bonchev–Trinajstić information content (AvgIpc) is 0.904. The van der Waals surface area contributed by atoms with Crippen LogP contribution in [0.1, 0.15) is 419 Å². The molecule has 18 heteroatoms. The summed E-state index contributed by atoms with van der Waals surface area (Å²) in [7, 11) is -9.80. The molecule has 113 heavy (non-hydrogen) atoms. The molecule has 0 aromatic carbocycles. The molecule has 0 radical (unpaired) electrons. The second-order valence-electron chi connectivity index (χ2n) is 31.1. The van der Waals surface area contributed by atoms with Crippen LogP contribution in [0.2, 0.25) is 0 Å². The zero-order valence-corrected chi connectivity index (χ0v) is 74.1. The molecule has 0 aliphatic rings. The smallest absolute Gasteiger partial charge is 0.463 e. The van der Waals surface area contributed by atoms with Crippen molar-refractivity contribution in [3.63, 3.8) is 0 Å². The molecule has 5 unspecified atom stereocenters. The second-order valence-corrected chi connectivity index (χ2v) is 34.0. The Morgan fingerprint density at radius 1 is 0.248 bits per heavy atom. The van der Waals surface area contributed by atoms with E-state index in [1.807, 2.05) is 0 Å². The standard InChI is InChI=1S/C95H170O16P2/c1-4-7-10-13-16-19-22-25-28-30-32-34-36-38-40-41-42-43-44-45-46-47-49-51-52-54-56-58-61-63-66-69-72-75-78-81-93(98)105-84-90(96)85-107-112(101,102)108-86-91(97)87-109-113(103,104)110-89-92(111-95(100)83-80-77-74-71-68-65-60-27-24-21-18-15-12-9-6-3)88-106-94(99)82-79-76-73-70-67-64-62-59-57-55-53-50-48-39-37-35-33-31-29-26-23-20-17-14-11-8-5-2/h16-17,19-20,25-29,32-35,38-40,48,60,90-92,96-97H,4-15,18,21-24,30-31,36-37,41-47,49-59,61-89H2,1-3H3,(H,101,102)(H,103,104)/b19-16-,20-17-,28-25-,29-26-,34-32-,35-33-,40-38-,48-39-,60-27-. The summed E-state index contributed by atoms with van der Waals surface area (Å²) in [6.07, 6.45) is 106. The Kier molecular flexibility index (Phi) is 84.6. The van der Waals surface area contributed by atoms with E-state index in [1.54, 1.807) is 0 Å². The van der Waals surface area contributed by atoms with Crippen molar-refractivity contribution in [1.29, 1.82) is 0 Å². The highest BCUT2D eigenvalue weighted by Crippen LogP contribution is 2.45. The lowest BCUT2D eigenvalue weighted by molar-refractivity contribution is -0.161. The van der Waals surface area contributed by atoms with E-state index in [9.17, 15) is 43.5 Å². The van der Waals surface area contributed by atoms with Gasteiger partial charge in [0.1, 0.15) is 25.4 Å². The van der Waals surface area contributed by atoms with Gasteiger partial charge in [-0.2, -0.15) is 0 Å². The lowest BCUT2D eigenvalue weighted by Crippen LogP contribution is -2.30. The van der Waals surface area contributed by atoms with Crippen LogP contribution < -0.4 is 0 Å². The molecule has 16 nitrogen and oxygen atoms in total. The number of rotatable bonds is 88. The molecular formula is C95H170O16P2. The minimum Gasteiger partial charge on any atom is -0.463 e. The Labute approximate surface area is 691 Å². The first-order chi connectivity index (χ1) is 55.2. The highest BCUT2D eigenvalue weighted by atomic mass is 31.2. The number of allylic oxidation sites excluding steroid dienone is 18. The van der Waals surface area contributed by atoms with E-state index in [2.05, 4.69) is 130 Å². The summed E-state index contributed by atoms with van der Waals surface area (Å²) in [5, 5.41) is 20.7. The van der Waals surface area contributed by atoms with Gasteiger partial charge in [0.2, 0.25) is 0 Å². The van der Waals surface area contributed by atoms with Gasteiger partial charge in [-0.15, -0.1) is 0 Å². The van der Waals surface area contributed by atoms with Gasteiger partial charge in [-0.05, 0) is 135 Å². The minimum atomic E-state index is -4.94. The lowest BCUT2D eigenvalue weighted by atomic mass is 10.0.